The van der Waals surface area contributed by atoms with Gasteiger partial charge in [0.05, 0.1) is 21.4 Å². The van der Waals surface area contributed by atoms with E-state index < -0.39 is 5.21 Å². The van der Waals surface area contributed by atoms with E-state index in [4.69, 9.17) is 20.7 Å². The van der Waals surface area contributed by atoms with Gasteiger partial charge in [-0.3, -0.25) is 4.98 Å². The summed E-state index contributed by atoms with van der Waals surface area (Å²) in [4.78, 5) is 4.73. The maximum absolute atomic E-state index is 6.72. The molecular weight excluding hydrogens is 324 g/mol. The zero-order valence-corrected chi connectivity index (χ0v) is 15.6. The lowest BCUT2D eigenvalue weighted by Gasteiger charge is -2.39. The van der Waals surface area contributed by atoms with Crippen molar-refractivity contribution in [2.24, 2.45) is 5.92 Å². The lowest BCUT2D eigenvalue weighted by Crippen LogP contribution is -2.38. The van der Waals surface area contributed by atoms with E-state index in [1.807, 2.05) is 36.5 Å². The average Bonchev–Trinajstić information content (AvgIpc) is 2.75. The summed E-state index contributed by atoms with van der Waals surface area (Å²) in [5, 5.41) is -0.823. The van der Waals surface area contributed by atoms with Gasteiger partial charge in [0.25, 0.3) is 0 Å². The van der Waals surface area contributed by atoms with E-state index in [1.165, 1.54) is 24.8 Å². The molecule has 1 nitrogen and oxygen atoms in total. The molecular formula is C24H23B2N. The first-order chi connectivity index (χ1) is 13.2. The van der Waals surface area contributed by atoms with E-state index in [-0.39, 0.29) is 0 Å². The van der Waals surface area contributed by atoms with Crippen LogP contribution in [0, 0.1) is 5.92 Å². The molecule has 1 aromatic heterocycles. The van der Waals surface area contributed by atoms with E-state index in [0.29, 0.717) is 5.92 Å². The molecule has 0 bridgehead atoms. The molecule has 3 heteroatoms. The van der Waals surface area contributed by atoms with Gasteiger partial charge in [-0.15, -0.1) is 0 Å². The Bertz CT molecular complexity index is 882. The minimum Gasteiger partial charge on any atom is -0.256 e. The molecule has 1 saturated carbocycles. The predicted octanol–water partition coefficient (Wildman–Crippen LogP) is 5.49. The molecule has 0 N–H and O–H groups in total. The van der Waals surface area contributed by atoms with Crippen molar-refractivity contribution in [3.8, 4) is 22.4 Å². The largest absolute Gasteiger partial charge is 0.256 e. The first-order valence-corrected chi connectivity index (χ1v) is 9.85. The molecule has 130 valence electrons. The summed E-state index contributed by atoms with van der Waals surface area (Å²) >= 11 is 0. The molecule has 0 atom stereocenters. The molecule has 1 fully saturated rings. The second kappa shape index (κ2) is 7.76. The van der Waals surface area contributed by atoms with Gasteiger partial charge in [-0.05, 0) is 23.1 Å². The molecule has 0 unspecified atom stereocenters. The maximum atomic E-state index is 6.72. The van der Waals surface area contributed by atoms with Gasteiger partial charge in [-0.1, -0.05) is 98.0 Å². The van der Waals surface area contributed by atoms with E-state index in [2.05, 4.69) is 36.4 Å². The third kappa shape index (κ3) is 3.74. The minimum absolute atomic E-state index is 0.316. The zero-order valence-electron chi connectivity index (χ0n) is 15.6. The van der Waals surface area contributed by atoms with Crippen LogP contribution >= 0.6 is 0 Å². The lowest BCUT2D eigenvalue weighted by molar-refractivity contribution is 0.327. The van der Waals surface area contributed by atoms with Gasteiger partial charge >= 0.3 is 0 Å². The van der Waals surface area contributed by atoms with E-state index >= 15 is 0 Å². The van der Waals surface area contributed by atoms with Crippen molar-refractivity contribution in [3.63, 3.8) is 0 Å². The highest BCUT2D eigenvalue weighted by Gasteiger charge is 2.32. The van der Waals surface area contributed by atoms with Gasteiger partial charge in [-0.25, -0.2) is 0 Å². The van der Waals surface area contributed by atoms with Crippen molar-refractivity contribution in [3.05, 3.63) is 78.5 Å². The number of hydrogen-bond acceptors (Lipinski definition) is 1. The topological polar surface area (TPSA) is 12.9 Å². The van der Waals surface area contributed by atoms with Crippen LogP contribution < -0.4 is 0 Å². The Kier molecular flexibility index (Phi) is 5.20. The summed E-state index contributed by atoms with van der Waals surface area (Å²) in [5.74, 6) is 0.316. The smallest absolute Gasteiger partial charge is 0.0704 e. The maximum Gasteiger partial charge on any atom is 0.0704 e. The average molecular weight is 347 g/mol. The van der Waals surface area contributed by atoms with Gasteiger partial charge in [0.15, 0.2) is 0 Å². The van der Waals surface area contributed by atoms with Crippen molar-refractivity contribution in [2.45, 2.75) is 37.3 Å². The number of pyridine rings is 1. The molecule has 1 aliphatic carbocycles. The van der Waals surface area contributed by atoms with Gasteiger partial charge in [0, 0.05) is 17.3 Å². The third-order valence-electron chi connectivity index (χ3n) is 5.82. The SMILES string of the molecule is [B]C([B])(c1ccccc1-c1ccc(-c2ccccc2)cn1)C1CCCCC1. The molecule has 1 aliphatic rings. The van der Waals surface area contributed by atoms with Crippen LogP contribution in [0.3, 0.4) is 0 Å². The predicted molar refractivity (Wildman–Crippen MR) is 115 cm³/mol. The fourth-order valence-electron chi connectivity index (χ4n) is 4.24. The van der Waals surface area contributed by atoms with Crippen LogP contribution in [0.4, 0.5) is 0 Å². The standard InChI is InChI=1S/C24H23B2N/c25-24(26,20-11-5-2-6-12-20)22-14-8-7-13-21(22)23-16-15-19(17-27-23)18-9-3-1-4-10-18/h1,3-4,7-10,13-17,20H,2,5-6,11-12H2. The van der Waals surface area contributed by atoms with Crippen molar-refractivity contribution >= 4 is 15.7 Å². The Hall–Kier alpha value is -2.28. The highest BCUT2D eigenvalue weighted by molar-refractivity contribution is 6.40. The second-order valence-electron chi connectivity index (χ2n) is 7.61. The van der Waals surface area contributed by atoms with Crippen LogP contribution in [0.5, 0.6) is 0 Å². The monoisotopic (exact) mass is 347 g/mol. The molecule has 0 amide bonds. The van der Waals surface area contributed by atoms with Crippen molar-refractivity contribution in [2.75, 3.05) is 0 Å². The van der Waals surface area contributed by atoms with Crippen LogP contribution in [0.15, 0.2) is 72.9 Å². The van der Waals surface area contributed by atoms with Crippen molar-refractivity contribution in [1.29, 1.82) is 0 Å². The van der Waals surface area contributed by atoms with E-state index in [1.54, 1.807) is 0 Å². The minimum atomic E-state index is -0.823. The summed E-state index contributed by atoms with van der Waals surface area (Å²) in [5.41, 5.74) is 5.22. The first-order valence-electron chi connectivity index (χ1n) is 9.85. The molecule has 4 rings (SSSR count). The fraction of sp³-hybridized carbons (Fsp3) is 0.292. The zero-order chi connectivity index (χ0) is 18.7. The van der Waals surface area contributed by atoms with Gasteiger partial charge < -0.3 is 0 Å². The molecule has 27 heavy (non-hydrogen) atoms. The Morgan fingerprint density at radius 2 is 1.44 bits per heavy atom. The Labute approximate surface area is 165 Å². The second-order valence-corrected chi connectivity index (χ2v) is 7.61. The van der Waals surface area contributed by atoms with Gasteiger partial charge in [-0.2, -0.15) is 0 Å². The normalized spacial score (nSPS) is 15.6. The summed E-state index contributed by atoms with van der Waals surface area (Å²) in [6, 6.07) is 22.7. The van der Waals surface area contributed by atoms with Crippen LogP contribution in [0.2, 0.25) is 0 Å². The summed E-state index contributed by atoms with van der Waals surface area (Å²) < 4.78 is 0. The molecule has 1 heterocycles. The van der Waals surface area contributed by atoms with Gasteiger partial charge in [0.2, 0.25) is 0 Å². The van der Waals surface area contributed by atoms with E-state index in [9.17, 15) is 0 Å². The quantitative estimate of drug-likeness (QED) is 0.569. The summed E-state index contributed by atoms with van der Waals surface area (Å²) in [6.45, 7) is 0. The Morgan fingerprint density at radius 1 is 0.741 bits per heavy atom. The van der Waals surface area contributed by atoms with Crippen LogP contribution in [0.25, 0.3) is 22.4 Å². The number of rotatable bonds is 4. The Balaban J connectivity index is 1.68. The van der Waals surface area contributed by atoms with Gasteiger partial charge in [0.1, 0.15) is 0 Å². The van der Waals surface area contributed by atoms with Crippen LogP contribution in [-0.4, -0.2) is 20.7 Å². The number of hydrogen-bond donors (Lipinski definition) is 0. The summed E-state index contributed by atoms with van der Waals surface area (Å²) in [6.07, 6.45) is 7.84. The Morgan fingerprint density at radius 3 is 2.15 bits per heavy atom. The molecule has 2 aromatic carbocycles. The highest BCUT2D eigenvalue weighted by atomic mass is 14.7. The molecule has 0 spiro atoms. The van der Waals surface area contributed by atoms with E-state index in [0.717, 1.165) is 35.2 Å². The lowest BCUT2D eigenvalue weighted by atomic mass is 9.43. The molecule has 0 saturated heterocycles. The molecule has 0 aliphatic heterocycles. The number of benzene rings is 2. The fourth-order valence-corrected chi connectivity index (χ4v) is 4.24. The number of nitrogens with zero attached hydrogens (tertiary/aromatic N) is 1. The van der Waals surface area contributed by atoms with Crippen molar-refractivity contribution < 1.29 is 0 Å². The molecule has 4 radical (unpaired) electrons. The van der Waals surface area contributed by atoms with Crippen LogP contribution in [0.1, 0.15) is 37.7 Å². The third-order valence-corrected chi connectivity index (χ3v) is 5.82. The van der Waals surface area contributed by atoms with Crippen LogP contribution in [-0.2, 0) is 5.21 Å². The van der Waals surface area contributed by atoms with Crippen molar-refractivity contribution in [1.82, 2.24) is 4.98 Å². The number of aromatic nitrogens is 1. The highest BCUT2D eigenvalue weighted by Crippen LogP contribution is 2.40. The summed E-state index contributed by atoms with van der Waals surface area (Å²) in [7, 11) is 13.4. The first kappa shape index (κ1) is 18.1. The molecule has 3 aromatic rings.